The molecular formula is C13H13F3N4O3. The van der Waals surface area contributed by atoms with E-state index in [-0.39, 0.29) is 11.7 Å². The molecule has 0 bridgehead atoms. The average molecular weight is 330 g/mol. The first-order chi connectivity index (χ1) is 10.7. The van der Waals surface area contributed by atoms with Gasteiger partial charge in [0.05, 0.1) is 6.42 Å². The second-order valence-electron chi connectivity index (χ2n) is 4.69. The highest BCUT2D eigenvalue weighted by Gasteiger charge is 2.58. The van der Waals surface area contributed by atoms with Gasteiger partial charge in [-0.3, -0.25) is 15.6 Å². The van der Waals surface area contributed by atoms with Crippen LogP contribution in [0.4, 0.5) is 19.1 Å². The lowest BCUT2D eigenvalue weighted by Gasteiger charge is -2.27. The number of aromatic nitrogens is 2. The smallest absolute Gasteiger partial charge is 0.425 e. The maximum absolute atomic E-state index is 13.2. The molecule has 0 saturated heterocycles. The van der Waals surface area contributed by atoms with Crippen LogP contribution in [0.2, 0.25) is 0 Å². The number of nitrogens with zero attached hydrogens (tertiary/aromatic N) is 2. The van der Waals surface area contributed by atoms with Crippen molar-refractivity contribution in [2.24, 2.45) is 0 Å². The molecule has 23 heavy (non-hydrogen) atoms. The second kappa shape index (κ2) is 6.24. The first-order valence-corrected chi connectivity index (χ1v) is 6.40. The highest BCUT2D eigenvalue weighted by Crippen LogP contribution is 2.42. The quantitative estimate of drug-likeness (QED) is 0.721. The van der Waals surface area contributed by atoms with Crippen molar-refractivity contribution in [1.29, 1.82) is 0 Å². The number of aliphatic hydroxyl groups is 1. The molecule has 0 fully saturated rings. The molecule has 2 aromatic heterocycles. The molecule has 0 radical (unpaired) electrons. The zero-order chi connectivity index (χ0) is 17.1. The SMILES string of the molecule is Cc1ccc(C(O)(CC(=O)NNc2ncccn2)C(F)(F)F)o1. The van der Waals surface area contributed by atoms with Gasteiger partial charge < -0.3 is 9.52 Å². The number of rotatable bonds is 5. The molecule has 1 amide bonds. The molecular weight excluding hydrogens is 317 g/mol. The highest BCUT2D eigenvalue weighted by atomic mass is 19.4. The Morgan fingerprint density at radius 1 is 1.30 bits per heavy atom. The first-order valence-electron chi connectivity index (χ1n) is 6.40. The van der Waals surface area contributed by atoms with Gasteiger partial charge in [0.25, 0.3) is 0 Å². The fourth-order valence-corrected chi connectivity index (χ4v) is 1.75. The van der Waals surface area contributed by atoms with Crippen LogP contribution in [0, 0.1) is 6.92 Å². The largest absolute Gasteiger partial charge is 0.463 e. The summed E-state index contributed by atoms with van der Waals surface area (Å²) in [6, 6.07) is 3.76. The van der Waals surface area contributed by atoms with Crippen LogP contribution in [0.1, 0.15) is 17.9 Å². The lowest BCUT2D eigenvalue weighted by Crippen LogP contribution is -2.46. The number of hydrogen-bond acceptors (Lipinski definition) is 6. The lowest BCUT2D eigenvalue weighted by atomic mass is 9.95. The number of amides is 1. The molecule has 3 N–H and O–H groups in total. The van der Waals surface area contributed by atoms with Gasteiger partial charge in [0.1, 0.15) is 11.5 Å². The van der Waals surface area contributed by atoms with Gasteiger partial charge >= 0.3 is 6.18 Å². The van der Waals surface area contributed by atoms with E-state index in [4.69, 9.17) is 4.42 Å². The van der Waals surface area contributed by atoms with Gasteiger partial charge in [-0.25, -0.2) is 9.97 Å². The van der Waals surface area contributed by atoms with E-state index < -0.39 is 29.9 Å². The van der Waals surface area contributed by atoms with E-state index in [2.05, 4.69) is 15.4 Å². The number of hydrogen-bond donors (Lipinski definition) is 3. The van der Waals surface area contributed by atoms with Crippen molar-refractivity contribution in [2.75, 3.05) is 5.43 Å². The normalized spacial score (nSPS) is 14.1. The molecule has 1 atom stereocenters. The van der Waals surface area contributed by atoms with E-state index in [1.54, 1.807) is 0 Å². The molecule has 7 nitrogen and oxygen atoms in total. The molecule has 2 aromatic rings. The van der Waals surface area contributed by atoms with Crippen molar-refractivity contribution >= 4 is 11.9 Å². The van der Waals surface area contributed by atoms with Gasteiger partial charge in [-0.15, -0.1) is 0 Å². The first kappa shape index (κ1) is 16.7. The Balaban J connectivity index is 2.11. The van der Waals surface area contributed by atoms with Crippen molar-refractivity contribution in [1.82, 2.24) is 15.4 Å². The summed E-state index contributed by atoms with van der Waals surface area (Å²) in [7, 11) is 0. The number of furan rings is 1. The zero-order valence-electron chi connectivity index (χ0n) is 11.9. The number of halogens is 3. The van der Waals surface area contributed by atoms with Crippen LogP contribution in [-0.2, 0) is 10.4 Å². The van der Waals surface area contributed by atoms with Crippen molar-refractivity contribution in [2.45, 2.75) is 25.1 Å². The molecule has 2 rings (SSSR count). The maximum Gasteiger partial charge on any atom is 0.425 e. The Kier molecular flexibility index (Phi) is 4.55. The van der Waals surface area contributed by atoms with Gasteiger partial charge in [-0.05, 0) is 25.1 Å². The van der Waals surface area contributed by atoms with Gasteiger partial charge in [-0.2, -0.15) is 13.2 Å². The number of anilines is 1. The third-order valence-electron chi connectivity index (χ3n) is 2.91. The van der Waals surface area contributed by atoms with Crippen molar-refractivity contribution in [3.63, 3.8) is 0 Å². The third kappa shape index (κ3) is 3.77. The van der Waals surface area contributed by atoms with Crippen molar-refractivity contribution in [3.05, 3.63) is 42.1 Å². The van der Waals surface area contributed by atoms with E-state index in [9.17, 15) is 23.1 Å². The summed E-state index contributed by atoms with van der Waals surface area (Å²) >= 11 is 0. The number of carbonyl (C=O) groups is 1. The van der Waals surface area contributed by atoms with Gasteiger partial charge in [0, 0.05) is 12.4 Å². The monoisotopic (exact) mass is 330 g/mol. The maximum atomic E-state index is 13.2. The predicted octanol–water partition coefficient (Wildman–Crippen LogP) is 1.66. The minimum Gasteiger partial charge on any atom is -0.463 e. The van der Waals surface area contributed by atoms with Crippen LogP contribution in [0.5, 0.6) is 0 Å². The van der Waals surface area contributed by atoms with Crippen LogP contribution in [0.3, 0.4) is 0 Å². The standard InChI is InChI=1S/C13H13F3N4O3/c1-8-3-4-9(23-8)12(22,13(14,15)16)7-10(21)19-20-11-17-5-2-6-18-11/h2-6,22H,7H2,1H3,(H,19,21)(H,17,18,20). The summed E-state index contributed by atoms with van der Waals surface area (Å²) in [6.07, 6.45) is -3.64. The van der Waals surface area contributed by atoms with Crippen molar-refractivity contribution < 1.29 is 27.5 Å². The Labute approximate surface area is 128 Å². The molecule has 0 aliphatic rings. The Morgan fingerprint density at radius 3 is 2.48 bits per heavy atom. The van der Waals surface area contributed by atoms with Crippen LogP contribution in [0.15, 0.2) is 35.0 Å². The van der Waals surface area contributed by atoms with Crippen molar-refractivity contribution in [3.8, 4) is 0 Å². The number of nitrogens with one attached hydrogen (secondary N) is 2. The van der Waals surface area contributed by atoms with Crippen LogP contribution < -0.4 is 10.9 Å². The van der Waals surface area contributed by atoms with E-state index >= 15 is 0 Å². The van der Waals surface area contributed by atoms with E-state index in [1.165, 1.54) is 31.5 Å². The fourth-order valence-electron chi connectivity index (χ4n) is 1.75. The molecule has 0 aliphatic heterocycles. The molecule has 0 aromatic carbocycles. The average Bonchev–Trinajstić information content (AvgIpc) is 2.92. The summed E-state index contributed by atoms with van der Waals surface area (Å²) in [5, 5.41) is 9.96. The van der Waals surface area contributed by atoms with Gasteiger partial charge in [0.15, 0.2) is 0 Å². The Hall–Kier alpha value is -2.62. The number of carbonyl (C=O) groups excluding carboxylic acids is 1. The van der Waals surface area contributed by atoms with E-state index in [0.29, 0.717) is 0 Å². The summed E-state index contributed by atoms with van der Waals surface area (Å²) in [5.74, 6) is -1.70. The number of alkyl halides is 3. The lowest BCUT2D eigenvalue weighted by molar-refractivity contribution is -0.273. The summed E-state index contributed by atoms with van der Waals surface area (Å²) < 4.78 is 44.4. The summed E-state index contributed by atoms with van der Waals surface area (Å²) in [5.41, 5.74) is 0.792. The van der Waals surface area contributed by atoms with Gasteiger partial charge in [0.2, 0.25) is 17.5 Å². The minimum absolute atomic E-state index is 0.00904. The summed E-state index contributed by atoms with van der Waals surface area (Å²) in [4.78, 5) is 19.2. The molecule has 0 saturated carbocycles. The minimum atomic E-state index is -5.10. The van der Waals surface area contributed by atoms with E-state index in [1.807, 2.05) is 5.43 Å². The van der Waals surface area contributed by atoms with Crippen LogP contribution >= 0.6 is 0 Å². The third-order valence-corrected chi connectivity index (χ3v) is 2.91. The van der Waals surface area contributed by atoms with E-state index in [0.717, 1.165) is 6.07 Å². The van der Waals surface area contributed by atoms with Gasteiger partial charge in [-0.1, -0.05) is 0 Å². The molecule has 124 valence electrons. The molecule has 0 aliphatic carbocycles. The van der Waals surface area contributed by atoms with Crippen LogP contribution in [-0.4, -0.2) is 27.2 Å². The predicted molar refractivity (Wildman–Crippen MR) is 71.8 cm³/mol. The summed E-state index contributed by atoms with van der Waals surface area (Å²) in [6.45, 7) is 1.43. The molecule has 10 heteroatoms. The molecule has 0 spiro atoms. The highest BCUT2D eigenvalue weighted by molar-refractivity contribution is 5.78. The Bertz CT molecular complexity index is 675. The number of hydrazine groups is 1. The molecule has 2 heterocycles. The molecule has 1 unspecified atom stereocenters. The number of aryl methyl sites for hydroxylation is 1. The zero-order valence-corrected chi connectivity index (χ0v) is 11.9. The second-order valence-corrected chi connectivity index (χ2v) is 4.69. The fraction of sp³-hybridized carbons (Fsp3) is 0.308. The topological polar surface area (TPSA) is 100 Å². The van der Waals surface area contributed by atoms with Crippen LogP contribution in [0.25, 0.3) is 0 Å². The Morgan fingerprint density at radius 2 is 1.96 bits per heavy atom.